The molecule has 138 valence electrons. The van der Waals surface area contributed by atoms with Crippen LogP contribution in [0.5, 0.6) is 0 Å². The fourth-order valence-electron chi connectivity index (χ4n) is 3.97. The van der Waals surface area contributed by atoms with Crippen molar-refractivity contribution in [1.82, 2.24) is 9.80 Å². The van der Waals surface area contributed by atoms with Crippen LogP contribution in [0.25, 0.3) is 0 Å². The van der Waals surface area contributed by atoms with Gasteiger partial charge in [-0.3, -0.25) is 4.90 Å². The molecule has 0 radical (unpaired) electrons. The lowest BCUT2D eigenvalue weighted by Crippen LogP contribution is -2.46. The van der Waals surface area contributed by atoms with Gasteiger partial charge in [-0.05, 0) is 54.3 Å². The first-order chi connectivity index (χ1) is 12.5. The molecule has 2 aromatic carbocycles. The fraction of sp³-hybridized carbons (Fsp3) is 0.455. The summed E-state index contributed by atoms with van der Waals surface area (Å²) in [5.74, 6) is 0.371. The maximum absolute atomic E-state index is 13.8. The fourth-order valence-corrected chi connectivity index (χ4v) is 5.11. The van der Waals surface area contributed by atoms with E-state index in [-0.39, 0.29) is 5.82 Å². The summed E-state index contributed by atoms with van der Waals surface area (Å²) in [5.41, 5.74) is 4.07. The second kappa shape index (κ2) is 7.34. The van der Waals surface area contributed by atoms with Gasteiger partial charge in [-0.15, -0.1) is 0 Å². The van der Waals surface area contributed by atoms with Crippen LogP contribution in [0.3, 0.4) is 0 Å². The van der Waals surface area contributed by atoms with Crippen molar-refractivity contribution >= 4 is 11.8 Å². The highest BCUT2D eigenvalue weighted by molar-refractivity contribution is 7.99. The largest absolute Gasteiger partial charge is 0.304 e. The summed E-state index contributed by atoms with van der Waals surface area (Å²) >= 11 is 1.73. The smallest absolute Gasteiger partial charge is 0.124 e. The molecule has 4 rings (SSSR count). The van der Waals surface area contributed by atoms with Gasteiger partial charge in [0.25, 0.3) is 0 Å². The molecule has 1 unspecified atom stereocenters. The predicted molar refractivity (Wildman–Crippen MR) is 107 cm³/mol. The molecule has 0 N–H and O–H groups in total. The van der Waals surface area contributed by atoms with Gasteiger partial charge in [0.05, 0.1) is 0 Å². The van der Waals surface area contributed by atoms with Gasteiger partial charge in [-0.25, -0.2) is 4.39 Å². The number of hydrogen-bond acceptors (Lipinski definition) is 3. The van der Waals surface area contributed by atoms with Gasteiger partial charge < -0.3 is 4.90 Å². The lowest BCUT2D eigenvalue weighted by molar-refractivity contribution is 0.110. The van der Waals surface area contributed by atoms with Gasteiger partial charge >= 0.3 is 0 Å². The predicted octanol–water partition coefficient (Wildman–Crippen LogP) is 4.94. The molecular formula is C22H27FN2S. The molecule has 2 nitrogen and oxygen atoms in total. The zero-order valence-electron chi connectivity index (χ0n) is 15.8. The van der Waals surface area contributed by atoms with Crippen molar-refractivity contribution < 1.29 is 4.39 Å². The highest BCUT2D eigenvalue weighted by Gasteiger charge is 2.30. The summed E-state index contributed by atoms with van der Waals surface area (Å²) in [6.07, 6.45) is 0.959. The van der Waals surface area contributed by atoms with Crippen LogP contribution in [0.4, 0.5) is 4.39 Å². The molecule has 0 saturated carbocycles. The quantitative estimate of drug-likeness (QED) is 0.739. The molecule has 0 aromatic heterocycles. The van der Waals surface area contributed by atoms with Gasteiger partial charge in [-0.1, -0.05) is 43.8 Å². The first-order valence-electron chi connectivity index (χ1n) is 9.54. The molecule has 0 spiro atoms. The number of rotatable bonds is 2. The Morgan fingerprint density at radius 2 is 1.77 bits per heavy atom. The van der Waals surface area contributed by atoms with Crippen molar-refractivity contribution in [3.05, 3.63) is 58.9 Å². The number of benzene rings is 2. The van der Waals surface area contributed by atoms with Crippen molar-refractivity contribution in [2.24, 2.45) is 0 Å². The molecule has 0 aliphatic carbocycles. The molecule has 0 bridgehead atoms. The minimum absolute atomic E-state index is 0.144. The van der Waals surface area contributed by atoms with E-state index in [1.54, 1.807) is 23.9 Å². The summed E-state index contributed by atoms with van der Waals surface area (Å²) in [7, 11) is 2.20. The van der Waals surface area contributed by atoms with E-state index < -0.39 is 0 Å². The number of nitrogens with zero attached hydrogens (tertiary/aromatic N) is 2. The summed E-state index contributed by atoms with van der Waals surface area (Å²) in [4.78, 5) is 7.38. The second-order valence-electron chi connectivity index (χ2n) is 7.87. The number of fused-ring (bicyclic) bond motifs is 2. The van der Waals surface area contributed by atoms with E-state index in [0.29, 0.717) is 12.0 Å². The van der Waals surface area contributed by atoms with Crippen LogP contribution in [0, 0.1) is 5.82 Å². The number of halogens is 1. The third-order valence-electron chi connectivity index (χ3n) is 5.70. The van der Waals surface area contributed by atoms with E-state index >= 15 is 0 Å². The minimum atomic E-state index is -0.144. The molecular weight excluding hydrogens is 343 g/mol. The van der Waals surface area contributed by atoms with Gasteiger partial charge in [-0.2, -0.15) is 0 Å². The molecule has 4 heteroatoms. The van der Waals surface area contributed by atoms with Crippen molar-refractivity contribution in [3.63, 3.8) is 0 Å². The summed E-state index contributed by atoms with van der Waals surface area (Å²) in [6.45, 7) is 8.90. The molecule has 2 aromatic rings. The highest BCUT2D eigenvalue weighted by atomic mass is 32.2. The van der Waals surface area contributed by atoms with Gasteiger partial charge in [0.1, 0.15) is 5.82 Å². The summed E-state index contributed by atoms with van der Waals surface area (Å²) in [5, 5.41) is 0. The maximum Gasteiger partial charge on any atom is 0.124 e. The van der Waals surface area contributed by atoms with Gasteiger partial charge in [0.2, 0.25) is 0 Å². The van der Waals surface area contributed by atoms with Crippen LogP contribution in [-0.4, -0.2) is 43.0 Å². The van der Waals surface area contributed by atoms with Crippen molar-refractivity contribution in [3.8, 4) is 0 Å². The third-order valence-corrected chi connectivity index (χ3v) is 6.89. The molecule has 2 aliphatic rings. The van der Waals surface area contributed by atoms with Crippen molar-refractivity contribution in [1.29, 1.82) is 0 Å². The normalized spacial score (nSPS) is 21.3. The Balaban J connectivity index is 1.78. The molecule has 0 amide bonds. The highest BCUT2D eigenvalue weighted by Crippen LogP contribution is 2.44. The Morgan fingerprint density at radius 1 is 1.00 bits per heavy atom. The topological polar surface area (TPSA) is 6.48 Å². The number of likely N-dealkylation sites (N-methyl/N-ethyl adjacent to an activating group) is 1. The Morgan fingerprint density at radius 3 is 2.50 bits per heavy atom. The molecule has 26 heavy (non-hydrogen) atoms. The zero-order chi connectivity index (χ0) is 18.3. The summed E-state index contributed by atoms with van der Waals surface area (Å²) in [6, 6.07) is 12.5. The summed E-state index contributed by atoms with van der Waals surface area (Å²) < 4.78 is 13.8. The van der Waals surface area contributed by atoms with Crippen LogP contribution in [0.1, 0.15) is 42.5 Å². The third kappa shape index (κ3) is 3.55. The molecule has 1 atom stereocenters. The Bertz CT molecular complexity index is 797. The van der Waals surface area contributed by atoms with Crippen molar-refractivity contribution in [2.75, 3.05) is 33.2 Å². The van der Waals surface area contributed by atoms with E-state index in [9.17, 15) is 4.39 Å². The molecule has 1 saturated heterocycles. The first-order valence-corrected chi connectivity index (χ1v) is 10.4. The lowest BCUT2D eigenvalue weighted by Gasteiger charge is -2.38. The Kier molecular flexibility index (Phi) is 5.09. The van der Waals surface area contributed by atoms with Crippen LogP contribution >= 0.6 is 11.8 Å². The average Bonchev–Trinajstić information content (AvgIpc) is 2.78. The lowest BCUT2D eigenvalue weighted by atomic mass is 9.93. The van der Waals surface area contributed by atoms with E-state index in [2.05, 4.69) is 48.9 Å². The van der Waals surface area contributed by atoms with E-state index in [1.165, 1.54) is 21.6 Å². The minimum Gasteiger partial charge on any atom is -0.304 e. The number of hydrogen-bond donors (Lipinski definition) is 0. The first kappa shape index (κ1) is 18.0. The second-order valence-corrected chi connectivity index (χ2v) is 8.95. The monoisotopic (exact) mass is 370 g/mol. The van der Waals surface area contributed by atoms with Gasteiger partial charge in [0, 0.05) is 42.0 Å². The molecule has 2 heterocycles. The standard InChI is InChI=1S/C22H27FN2S/c1-15(2)16-5-7-21-19(12-16)20(25-10-8-24(3)9-11-25)13-17-4-6-18(23)14-22(17)26-21/h4-7,12,14-15,20H,8-11,13H2,1-3H3. The maximum atomic E-state index is 13.8. The zero-order valence-corrected chi connectivity index (χ0v) is 16.7. The average molecular weight is 371 g/mol. The van der Waals surface area contributed by atoms with Crippen LogP contribution in [0.2, 0.25) is 0 Å². The van der Waals surface area contributed by atoms with E-state index in [0.717, 1.165) is 37.5 Å². The Labute approximate surface area is 160 Å². The number of piperazine rings is 1. The molecule has 1 fully saturated rings. The SMILES string of the molecule is CC(C)c1ccc2c(c1)C(N1CCN(C)CC1)Cc1ccc(F)cc1S2. The van der Waals surface area contributed by atoms with Gasteiger partial charge in [0.15, 0.2) is 0 Å². The van der Waals surface area contributed by atoms with E-state index in [1.807, 2.05) is 6.07 Å². The van der Waals surface area contributed by atoms with Crippen LogP contribution < -0.4 is 0 Å². The molecule has 2 aliphatic heterocycles. The Hall–Kier alpha value is -1.36. The van der Waals surface area contributed by atoms with Crippen LogP contribution in [0.15, 0.2) is 46.2 Å². The van der Waals surface area contributed by atoms with E-state index in [4.69, 9.17) is 0 Å². The van der Waals surface area contributed by atoms with Crippen LogP contribution in [-0.2, 0) is 6.42 Å². The van der Waals surface area contributed by atoms with Crippen molar-refractivity contribution in [2.45, 2.75) is 42.0 Å².